The monoisotopic (exact) mass is 249 g/mol. The van der Waals surface area contributed by atoms with Gasteiger partial charge < -0.3 is 10.6 Å². The zero-order valence-electron chi connectivity index (χ0n) is 11.5. The minimum atomic E-state index is -0.123. The van der Waals surface area contributed by atoms with Crippen molar-refractivity contribution in [2.75, 3.05) is 11.9 Å². The minimum Gasteiger partial charge on any atom is -0.385 e. The second kappa shape index (κ2) is 7.69. The zero-order valence-corrected chi connectivity index (χ0v) is 11.5. The van der Waals surface area contributed by atoms with Gasteiger partial charge in [0.05, 0.1) is 0 Å². The highest BCUT2D eigenvalue weighted by molar-refractivity contribution is 5.93. The fraction of sp³-hybridized carbons (Fsp3) is 0.571. The molecular weight excluding hydrogens is 226 g/mol. The fourth-order valence-electron chi connectivity index (χ4n) is 1.61. The molecule has 18 heavy (non-hydrogen) atoms. The summed E-state index contributed by atoms with van der Waals surface area (Å²) in [7, 11) is 0. The maximum atomic E-state index is 11.8. The Morgan fingerprint density at radius 2 is 2.17 bits per heavy atom. The van der Waals surface area contributed by atoms with Crippen LogP contribution < -0.4 is 10.6 Å². The predicted molar refractivity (Wildman–Crippen MR) is 74.9 cm³/mol. The third-order valence-corrected chi connectivity index (χ3v) is 2.52. The summed E-state index contributed by atoms with van der Waals surface area (Å²) in [4.78, 5) is 15.9. The molecule has 0 bridgehead atoms. The summed E-state index contributed by atoms with van der Waals surface area (Å²) >= 11 is 0. The van der Waals surface area contributed by atoms with Gasteiger partial charge in [0.25, 0.3) is 5.91 Å². The van der Waals surface area contributed by atoms with Crippen LogP contribution in [0.5, 0.6) is 0 Å². The summed E-state index contributed by atoms with van der Waals surface area (Å²) < 4.78 is 0. The normalized spacial score (nSPS) is 10.4. The lowest BCUT2D eigenvalue weighted by Gasteiger charge is -2.09. The molecule has 0 aliphatic carbocycles. The highest BCUT2D eigenvalue weighted by Gasteiger charge is 2.08. The maximum absolute atomic E-state index is 11.8. The van der Waals surface area contributed by atoms with E-state index >= 15 is 0 Å². The van der Waals surface area contributed by atoms with Gasteiger partial charge in [0.1, 0.15) is 5.69 Å². The van der Waals surface area contributed by atoms with Crippen LogP contribution in [0.4, 0.5) is 5.69 Å². The van der Waals surface area contributed by atoms with E-state index in [1.807, 2.05) is 19.9 Å². The van der Waals surface area contributed by atoms with Crippen molar-refractivity contribution < 1.29 is 4.79 Å². The van der Waals surface area contributed by atoms with E-state index in [2.05, 4.69) is 22.5 Å². The van der Waals surface area contributed by atoms with Gasteiger partial charge in [-0.05, 0) is 32.4 Å². The molecule has 0 saturated heterocycles. The first kappa shape index (κ1) is 14.5. The van der Waals surface area contributed by atoms with Crippen LogP contribution in [0.25, 0.3) is 0 Å². The predicted octanol–water partition coefficient (Wildman–Crippen LogP) is 2.82. The summed E-state index contributed by atoms with van der Waals surface area (Å²) in [5.74, 6) is -0.123. The van der Waals surface area contributed by atoms with Gasteiger partial charge in [-0.1, -0.05) is 19.8 Å². The topological polar surface area (TPSA) is 54.0 Å². The smallest absolute Gasteiger partial charge is 0.270 e. The Morgan fingerprint density at radius 3 is 2.83 bits per heavy atom. The van der Waals surface area contributed by atoms with E-state index in [-0.39, 0.29) is 11.9 Å². The molecule has 0 spiro atoms. The van der Waals surface area contributed by atoms with Crippen LogP contribution in [0.1, 0.15) is 50.5 Å². The SMILES string of the molecule is CCCCCNc1ccnc(C(=O)NC(C)C)c1. The molecule has 0 aliphatic heterocycles. The Kier molecular flexibility index (Phi) is 6.19. The minimum absolute atomic E-state index is 0.123. The number of anilines is 1. The van der Waals surface area contributed by atoms with Crippen LogP contribution in [0.2, 0.25) is 0 Å². The number of carbonyl (C=O) groups excluding carboxylic acids is 1. The van der Waals surface area contributed by atoms with E-state index in [0.717, 1.165) is 18.7 Å². The number of nitrogens with zero attached hydrogens (tertiary/aromatic N) is 1. The molecule has 100 valence electrons. The molecule has 1 amide bonds. The van der Waals surface area contributed by atoms with Gasteiger partial charge in [-0.25, -0.2) is 0 Å². The quantitative estimate of drug-likeness (QED) is 0.731. The molecule has 1 aromatic rings. The van der Waals surface area contributed by atoms with E-state index in [9.17, 15) is 4.79 Å². The van der Waals surface area contributed by atoms with E-state index in [4.69, 9.17) is 0 Å². The summed E-state index contributed by atoms with van der Waals surface area (Å²) in [6.45, 7) is 6.99. The lowest BCUT2D eigenvalue weighted by Crippen LogP contribution is -2.30. The molecule has 2 N–H and O–H groups in total. The number of amides is 1. The Hall–Kier alpha value is -1.58. The van der Waals surface area contributed by atoms with Crippen LogP contribution in [0.3, 0.4) is 0 Å². The number of carbonyl (C=O) groups is 1. The summed E-state index contributed by atoms with van der Waals surface area (Å²) in [6, 6.07) is 3.81. The van der Waals surface area contributed by atoms with Crippen molar-refractivity contribution in [2.24, 2.45) is 0 Å². The second-order valence-electron chi connectivity index (χ2n) is 4.69. The van der Waals surface area contributed by atoms with Crippen molar-refractivity contribution >= 4 is 11.6 Å². The van der Waals surface area contributed by atoms with Gasteiger partial charge >= 0.3 is 0 Å². The van der Waals surface area contributed by atoms with E-state index < -0.39 is 0 Å². The Bertz CT molecular complexity index is 377. The molecule has 0 aliphatic rings. The number of unbranched alkanes of at least 4 members (excludes halogenated alkanes) is 2. The lowest BCUT2D eigenvalue weighted by atomic mass is 10.2. The van der Waals surface area contributed by atoms with Crippen molar-refractivity contribution in [3.05, 3.63) is 24.0 Å². The molecule has 0 fully saturated rings. The standard InChI is InChI=1S/C14H23N3O/c1-4-5-6-8-15-12-7-9-16-13(10-12)14(18)17-11(2)3/h7,9-11H,4-6,8H2,1-3H3,(H,15,16)(H,17,18). The molecule has 1 aromatic heterocycles. The Balaban J connectivity index is 2.53. The van der Waals surface area contributed by atoms with Crippen LogP contribution >= 0.6 is 0 Å². The maximum Gasteiger partial charge on any atom is 0.270 e. The highest BCUT2D eigenvalue weighted by atomic mass is 16.1. The van der Waals surface area contributed by atoms with Crippen molar-refractivity contribution in [3.63, 3.8) is 0 Å². The molecule has 0 aromatic carbocycles. The first-order valence-electron chi connectivity index (χ1n) is 6.64. The van der Waals surface area contributed by atoms with Gasteiger partial charge in [-0.3, -0.25) is 9.78 Å². The summed E-state index contributed by atoms with van der Waals surface area (Å²) in [5, 5.41) is 6.14. The second-order valence-corrected chi connectivity index (χ2v) is 4.69. The number of pyridine rings is 1. The molecule has 4 heteroatoms. The first-order valence-corrected chi connectivity index (χ1v) is 6.64. The van der Waals surface area contributed by atoms with E-state index in [0.29, 0.717) is 5.69 Å². The van der Waals surface area contributed by atoms with Crippen LogP contribution in [0.15, 0.2) is 18.3 Å². The average molecular weight is 249 g/mol. The van der Waals surface area contributed by atoms with Crippen molar-refractivity contribution in [2.45, 2.75) is 46.1 Å². The first-order chi connectivity index (χ1) is 8.63. The third kappa shape index (κ3) is 5.17. The number of hydrogen-bond acceptors (Lipinski definition) is 3. The molecule has 1 heterocycles. The van der Waals surface area contributed by atoms with Gasteiger partial charge in [-0.2, -0.15) is 0 Å². The molecule has 0 radical (unpaired) electrons. The van der Waals surface area contributed by atoms with Crippen molar-refractivity contribution in [1.29, 1.82) is 0 Å². The molecule has 1 rings (SSSR count). The Morgan fingerprint density at radius 1 is 1.39 bits per heavy atom. The van der Waals surface area contributed by atoms with Gasteiger partial charge in [0.2, 0.25) is 0 Å². The number of aromatic nitrogens is 1. The summed E-state index contributed by atoms with van der Waals surface area (Å²) in [5.41, 5.74) is 1.42. The van der Waals surface area contributed by atoms with E-state index in [1.54, 1.807) is 12.3 Å². The largest absolute Gasteiger partial charge is 0.385 e. The summed E-state index contributed by atoms with van der Waals surface area (Å²) in [6.07, 6.45) is 5.24. The zero-order chi connectivity index (χ0) is 13.4. The van der Waals surface area contributed by atoms with Gasteiger partial charge in [-0.15, -0.1) is 0 Å². The Labute approximate surface area is 109 Å². The van der Waals surface area contributed by atoms with Crippen molar-refractivity contribution in [3.8, 4) is 0 Å². The molecule has 0 saturated carbocycles. The van der Waals surface area contributed by atoms with Crippen LogP contribution in [0, 0.1) is 0 Å². The average Bonchev–Trinajstić information content (AvgIpc) is 2.34. The van der Waals surface area contributed by atoms with E-state index in [1.165, 1.54) is 12.8 Å². The van der Waals surface area contributed by atoms with Crippen molar-refractivity contribution in [1.82, 2.24) is 10.3 Å². The number of rotatable bonds is 7. The van der Waals surface area contributed by atoms with Crippen LogP contribution in [-0.2, 0) is 0 Å². The molecular formula is C14H23N3O. The number of nitrogens with one attached hydrogen (secondary N) is 2. The molecule has 4 nitrogen and oxygen atoms in total. The molecule has 0 unspecified atom stereocenters. The molecule has 0 atom stereocenters. The number of hydrogen-bond donors (Lipinski definition) is 2. The van der Waals surface area contributed by atoms with Crippen LogP contribution in [-0.4, -0.2) is 23.5 Å². The lowest BCUT2D eigenvalue weighted by molar-refractivity contribution is 0.0938. The fourth-order valence-corrected chi connectivity index (χ4v) is 1.61. The van der Waals surface area contributed by atoms with Gasteiger partial charge in [0.15, 0.2) is 0 Å². The third-order valence-electron chi connectivity index (χ3n) is 2.52. The highest BCUT2D eigenvalue weighted by Crippen LogP contribution is 2.08. The van der Waals surface area contributed by atoms with Gasteiger partial charge in [0, 0.05) is 24.5 Å².